The van der Waals surface area contributed by atoms with Crippen molar-refractivity contribution in [2.75, 3.05) is 12.4 Å². The topological polar surface area (TPSA) is 18.5 Å². The van der Waals surface area contributed by atoms with Crippen LogP contribution < -0.4 is 9.47 Å². The molecule has 0 aliphatic heterocycles. The molecule has 0 amide bonds. The van der Waals surface area contributed by atoms with E-state index in [0.717, 1.165) is 35.6 Å². The summed E-state index contributed by atoms with van der Waals surface area (Å²) in [6.07, 6.45) is -3.25. The largest absolute Gasteiger partial charge is 0.493 e. The second kappa shape index (κ2) is 10.1. The summed E-state index contributed by atoms with van der Waals surface area (Å²) in [5.74, 6) is 2.54. The lowest BCUT2D eigenvalue weighted by molar-refractivity contribution is -0.137. The Morgan fingerprint density at radius 1 is 1.04 bits per heavy atom. The molecule has 0 aliphatic rings. The molecule has 28 heavy (non-hydrogen) atoms. The molecule has 0 spiro atoms. The monoisotopic (exact) mass is 412 g/mol. The average molecular weight is 413 g/mol. The van der Waals surface area contributed by atoms with E-state index in [0.29, 0.717) is 18.3 Å². The maximum atomic E-state index is 12.6. The van der Waals surface area contributed by atoms with Gasteiger partial charge in [-0.25, -0.2) is 0 Å². The molecule has 154 valence electrons. The van der Waals surface area contributed by atoms with Crippen LogP contribution in [0.25, 0.3) is 0 Å². The summed E-state index contributed by atoms with van der Waals surface area (Å²) in [7, 11) is 0. The van der Waals surface area contributed by atoms with E-state index in [1.165, 1.54) is 17.0 Å². The first-order valence-electron chi connectivity index (χ1n) is 9.39. The summed E-state index contributed by atoms with van der Waals surface area (Å²) in [5, 5.41) is 0. The number of thioether (sulfide) groups is 1. The van der Waals surface area contributed by atoms with Gasteiger partial charge < -0.3 is 9.47 Å². The molecule has 6 heteroatoms. The number of benzene rings is 2. The Bertz CT molecular complexity index is 742. The molecule has 2 nitrogen and oxygen atoms in total. The van der Waals surface area contributed by atoms with Gasteiger partial charge in [0.05, 0.1) is 18.3 Å². The van der Waals surface area contributed by atoms with Crippen LogP contribution in [0, 0.1) is 12.8 Å². The van der Waals surface area contributed by atoms with Crippen LogP contribution in [0.2, 0.25) is 0 Å². The van der Waals surface area contributed by atoms with Gasteiger partial charge in [-0.15, -0.1) is 11.8 Å². The Hall–Kier alpha value is -1.82. The number of hydrogen-bond donors (Lipinski definition) is 0. The molecule has 2 aromatic carbocycles. The molecule has 1 unspecified atom stereocenters. The van der Waals surface area contributed by atoms with Crippen molar-refractivity contribution in [3.63, 3.8) is 0 Å². The highest BCUT2D eigenvalue weighted by Crippen LogP contribution is 2.31. The maximum Gasteiger partial charge on any atom is 0.416 e. The van der Waals surface area contributed by atoms with Crippen LogP contribution in [-0.2, 0) is 6.18 Å². The minimum absolute atomic E-state index is 0.143. The zero-order valence-electron chi connectivity index (χ0n) is 16.7. The van der Waals surface area contributed by atoms with Crippen molar-refractivity contribution in [2.24, 2.45) is 5.92 Å². The predicted molar refractivity (Wildman–Crippen MR) is 108 cm³/mol. The first-order chi connectivity index (χ1) is 13.2. The molecule has 0 N–H and O–H groups in total. The smallest absolute Gasteiger partial charge is 0.416 e. The van der Waals surface area contributed by atoms with Crippen LogP contribution in [-0.4, -0.2) is 18.5 Å². The number of halogens is 3. The predicted octanol–water partition coefficient (Wildman–Crippen LogP) is 7.00. The number of hydrogen-bond acceptors (Lipinski definition) is 3. The SMILES string of the molecule is CCC(COc1ccc(C(F)(F)F)cc1)CSc1ccc(OC(C)C)c(C)c1. The van der Waals surface area contributed by atoms with E-state index >= 15 is 0 Å². The Balaban J connectivity index is 1.86. The second-order valence-electron chi connectivity index (χ2n) is 7.01. The molecule has 0 bridgehead atoms. The van der Waals surface area contributed by atoms with Crippen molar-refractivity contribution in [1.82, 2.24) is 0 Å². The van der Waals surface area contributed by atoms with E-state index < -0.39 is 11.7 Å². The molecular weight excluding hydrogens is 385 g/mol. The second-order valence-corrected chi connectivity index (χ2v) is 8.11. The van der Waals surface area contributed by atoms with E-state index in [-0.39, 0.29) is 6.10 Å². The Kier molecular flexibility index (Phi) is 8.10. The number of ether oxygens (including phenoxy) is 2. The minimum atomic E-state index is -4.32. The quantitative estimate of drug-likeness (QED) is 0.413. The summed E-state index contributed by atoms with van der Waals surface area (Å²) in [4.78, 5) is 1.17. The molecular formula is C22H27F3O2S. The van der Waals surface area contributed by atoms with Gasteiger partial charge >= 0.3 is 6.18 Å². The fraction of sp³-hybridized carbons (Fsp3) is 0.455. The first kappa shape index (κ1) is 22.5. The number of aryl methyl sites for hydroxylation is 1. The highest BCUT2D eigenvalue weighted by atomic mass is 32.2. The van der Waals surface area contributed by atoms with Gasteiger partial charge in [0.2, 0.25) is 0 Å². The molecule has 2 aromatic rings. The van der Waals surface area contributed by atoms with E-state index in [1.807, 2.05) is 26.8 Å². The van der Waals surface area contributed by atoms with Crippen LogP contribution in [0.5, 0.6) is 11.5 Å². The average Bonchev–Trinajstić information content (AvgIpc) is 2.63. The van der Waals surface area contributed by atoms with Crippen LogP contribution in [0.1, 0.15) is 38.3 Å². The van der Waals surface area contributed by atoms with Crippen molar-refractivity contribution >= 4 is 11.8 Å². The summed E-state index contributed by atoms with van der Waals surface area (Å²) in [5.41, 5.74) is 0.440. The lowest BCUT2D eigenvalue weighted by Gasteiger charge is -2.17. The highest BCUT2D eigenvalue weighted by molar-refractivity contribution is 7.99. The molecule has 0 aromatic heterocycles. The zero-order valence-corrected chi connectivity index (χ0v) is 17.5. The lowest BCUT2D eigenvalue weighted by Crippen LogP contribution is -2.14. The van der Waals surface area contributed by atoms with Gasteiger partial charge in [0, 0.05) is 16.6 Å². The third kappa shape index (κ3) is 6.97. The van der Waals surface area contributed by atoms with Crippen molar-refractivity contribution in [3.8, 4) is 11.5 Å². The van der Waals surface area contributed by atoms with Crippen LogP contribution in [0.15, 0.2) is 47.4 Å². The van der Waals surface area contributed by atoms with Crippen LogP contribution >= 0.6 is 11.8 Å². The molecule has 0 fully saturated rings. The third-order valence-corrected chi connectivity index (χ3v) is 5.46. The standard InChI is InChI=1S/C22H27F3O2S/c1-5-17(13-26-19-8-6-18(7-9-19)22(23,24)25)14-28-20-10-11-21(16(4)12-20)27-15(2)3/h6-12,15,17H,5,13-14H2,1-4H3. The summed E-state index contributed by atoms with van der Waals surface area (Å²) in [6, 6.07) is 11.0. The van der Waals surface area contributed by atoms with Crippen LogP contribution in [0.3, 0.4) is 0 Å². The lowest BCUT2D eigenvalue weighted by atomic mass is 10.1. The normalized spacial score (nSPS) is 12.9. The van der Waals surface area contributed by atoms with Gasteiger partial charge in [-0.1, -0.05) is 6.92 Å². The van der Waals surface area contributed by atoms with E-state index in [4.69, 9.17) is 9.47 Å². The molecule has 0 saturated heterocycles. The minimum Gasteiger partial charge on any atom is -0.493 e. The first-order valence-corrected chi connectivity index (χ1v) is 10.4. The van der Waals surface area contributed by atoms with Gasteiger partial charge in [-0.05, 0) is 75.2 Å². The fourth-order valence-electron chi connectivity index (χ4n) is 2.55. The van der Waals surface area contributed by atoms with Crippen molar-refractivity contribution < 1.29 is 22.6 Å². The molecule has 0 radical (unpaired) electrons. The van der Waals surface area contributed by atoms with Gasteiger partial charge in [-0.2, -0.15) is 13.2 Å². The van der Waals surface area contributed by atoms with Crippen molar-refractivity contribution in [1.29, 1.82) is 0 Å². The zero-order chi connectivity index (χ0) is 20.7. The maximum absolute atomic E-state index is 12.6. The van der Waals surface area contributed by atoms with Crippen molar-refractivity contribution in [3.05, 3.63) is 53.6 Å². The van der Waals surface area contributed by atoms with Crippen molar-refractivity contribution in [2.45, 2.75) is 51.3 Å². The highest BCUT2D eigenvalue weighted by Gasteiger charge is 2.30. The molecule has 0 aliphatic carbocycles. The summed E-state index contributed by atoms with van der Waals surface area (Å²) >= 11 is 1.75. The molecule has 1 atom stereocenters. The van der Waals surface area contributed by atoms with E-state index in [1.54, 1.807) is 11.8 Å². The Morgan fingerprint density at radius 3 is 2.25 bits per heavy atom. The summed E-state index contributed by atoms with van der Waals surface area (Å²) in [6.45, 7) is 8.61. The molecule has 0 saturated carbocycles. The Labute approximate surface area is 169 Å². The number of rotatable bonds is 9. The van der Waals surface area contributed by atoms with Gasteiger partial charge in [-0.3, -0.25) is 0 Å². The Morgan fingerprint density at radius 2 is 1.71 bits per heavy atom. The van der Waals surface area contributed by atoms with Gasteiger partial charge in [0.15, 0.2) is 0 Å². The van der Waals surface area contributed by atoms with Crippen LogP contribution in [0.4, 0.5) is 13.2 Å². The number of alkyl halides is 3. The van der Waals surface area contributed by atoms with Gasteiger partial charge in [0.1, 0.15) is 11.5 Å². The summed E-state index contributed by atoms with van der Waals surface area (Å²) < 4.78 is 49.3. The van der Waals surface area contributed by atoms with E-state index in [9.17, 15) is 13.2 Å². The molecule has 2 rings (SSSR count). The fourth-order valence-corrected chi connectivity index (χ4v) is 3.73. The van der Waals surface area contributed by atoms with E-state index in [2.05, 4.69) is 19.1 Å². The van der Waals surface area contributed by atoms with Gasteiger partial charge in [0.25, 0.3) is 0 Å². The molecule has 0 heterocycles. The third-order valence-electron chi connectivity index (χ3n) is 4.24.